The molecule has 0 radical (unpaired) electrons. The first kappa shape index (κ1) is 14.4. The highest BCUT2D eigenvalue weighted by atomic mass is 35.5. The molecule has 0 fully saturated rings. The zero-order valence-electron chi connectivity index (χ0n) is 11.3. The highest BCUT2D eigenvalue weighted by Crippen LogP contribution is 2.25. The lowest BCUT2D eigenvalue weighted by atomic mass is 10.1. The highest BCUT2D eigenvalue weighted by Gasteiger charge is 2.11. The molecule has 1 N–H and O–H groups in total. The van der Waals surface area contributed by atoms with E-state index in [1.165, 1.54) is 14.0 Å². The van der Waals surface area contributed by atoms with E-state index in [1.807, 2.05) is 12.1 Å². The van der Waals surface area contributed by atoms with Gasteiger partial charge in [0.15, 0.2) is 0 Å². The van der Waals surface area contributed by atoms with Crippen molar-refractivity contribution in [3.63, 3.8) is 0 Å². The van der Waals surface area contributed by atoms with Crippen LogP contribution in [-0.4, -0.2) is 30.2 Å². The quantitative estimate of drug-likeness (QED) is 0.947. The number of halogens is 1. The Morgan fingerprint density at radius 3 is 2.80 bits per heavy atom. The number of hydrogen-bond acceptors (Lipinski definition) is 3. The van der Waals surface area contributed by atoms with Crippen LogP contribution in [0.5, 0.6) is 0 Å². The number of ether oxygens (including phenoxy) is 1. The van der Waals surface area contributed by atoms with Gasteiger partial charge in [0.25, 0.3) is 0 Å². The van der Waals surface area contributed by atoms with Gasteiger partial charge in [-0.25, -0.2) is 4.79 Å². The Hall–Kier alpha value is -2.01. The SMILES string of the molecule is COC(=O)NCCc1cn(C(C)=O)c2ccc(Cl)cc12. The van der Waals surface area contributed by atoms with Gasteiger partial charge in [0.2, 0.25) is 5.91 Å². The van der Waals surface area contributed by atoms with Gasteiger partial charge >= 0.3 is 6.09 Å². The molecule has 1 aromatic carbocycles. The Morgan fingerprint density at radius 1 is 1.40 bits per heavy atom. The smallest absolute Gasteiger partial charge is 0.406 e. The molecule has 0 saturated heterocycles. The molecule has 0 atom stereocenters. The third-order valence-corrected chi connectivity index (χ3v) is 3.27. The average molecular weight is 295 g/mol. The van der Waals surface area contributed by atoms with Crippen molar-refractivity contribution >= 4 is 34.5 Å². The molecule has 0 spiro atoms. The Bertz CT molecular complexity index is 664. The number of carbonyl (C=O) groups excluding carboxylic acids is 2. The molecule has 0 bridgehead atoms. The molecule has 20 heavy (non-hydrogen) atoms. The maximum atomic E-state index is 11.6. The lowest BCUT2D eigenvalue weighted by molar-refractivity contribution is 0.0941. The van der Waals surface area contributed by atoms with Crippen LogP contribution in [0.2, 0.25) is 5.02 Å². The third-order valence-electron chi connectivity index (χ3n) is 3.04. The van der Waals surface area contributed by atoms with Gasteiger partial charge in [-0.05, 0) is 30.2 Å². The molecule has 0 aliphatic carbocycles. The first-order valence-electron chi connectivity index (χ1n) is 6.15. The van der Waals surface area contributed by atoms with E-state index in [4.69, 9.17) is 11.6 Å². The molecule has 0 aliphatic heterocycles. The summed E-state index contributed by atoms with van der Waals surface area (Å²) in [5.41, 5.74) is 1.77. The van der Waals surface area contributed by atoms with Crippen LogP contribution in [0.25, 0.3) is 10.9 Å². The normalized spacial score (nSPS) is 10.6. The minimum absolute atomic E-state index is 0.0653. The van der Waals surface area contributed by atoms with E-state index >= 15 is 0 Å². The Kier molecular flexibility index (Phi) is 4.29. The molecule has 6 heteroatoms. The lowest BCUT2D eigenvalue weighted by Gasteiger charge is -2.02. The standard InChI is InChI=1S/C14H15ClN2O3/c1-9(18)17-8-10(5-6-16-14(19)20-2)12-7-11(15)3-4-13(12)17/h3-4,7-8H,5-6H2,1-2H3,(H,16,19). The van der Waals surface area contributed by atoms with Gasteiger partial charge in [0.05, 0.1) is 12.6 Å². The van der Waals surface area contributed by atoms with E-state index in [1.54, 1.807) is 16.8 Å². The van der Waals surface area contributed by atoms with E-state index in [0.717, 1.165) is 16.5 Å². The first-order valence-corrected chi connectivity index (χ1v) is 6.53. The van der Waals surface area contributed by atoms with E-state index in [0.29, 0.717) is 18.0 Å². The van der Waals surface area contributed by atoms with Crippen LogP contribution >= 0.6 is 11.6 Å². The van der Waals surface area contributed by atoms with Gasteiger partial charge in [-0.2, -0.15) is 0 Å². The predicted molar refractivity (Wildman–Crippen MR) is 77.4 cm³/mol. The number of rotatable bonds is 3. The van der Waals surface area contributed by atoms with Crippen molar-refractivity contribution in [2.75, 3.05) is 13.7 Å². The van der Waals surface area contributed by atoms with Gasteiger partial charge in [-0.1, -0.05) is 11.6 Å². The molecule has 1 heterocycles. The summed E-state index contributed by atoms with van der Waals surface area (Å²) in [6.07, 6.45) is 1.90. The number of hydrogen-bond donors (Lipinski definition) is 1. The summed E-state index contributed by atoms with van der Waals surface area (Å²) in [6, 6.07) is 5.39. The maximum Gasteiger partial charge on any atom is 0.406 e. The molecule has 0 aliphatic rings. The second-order valence-electron chi connectivity index (χ2n) is 4.37. The fraction of sp³-hybridized carbons (Fsp3) is 0.286. The van der Waals surface area contributed by atoms with Crippen molar-refractivity contribution in [1.29, 1.82) is 0 Å². The van der Waals surface area contributed by atoms with E-state index in [2.05, 4.69) is 10.1 Å². The van der Waals surface area contributed by atoms with Gasteiger partial charge in [-0.15, -0.1) is 0 Å². The summed E-state index contributed by atoms with van der Waals surface area (Å²) in [5.74, 6) is -0.0653. The largest absolute Gasteiger partial charge is 0.453 e. The van der Waals surface area contributed by atoms with Gasteiger partial charge < -0.3 is 10.1 Å². The molecule has 2 aromatic rings. The van der Waals surface area contributed by atoms with Crippen LogP contribution in [-0.2, 0) is 11.2 Å². The zero-order valence-corrected chi connectivity index (χ0v) is 12.0. The van der Waals surface area contributed by atoms with E-state index in [-0.39, 0.29) is 5.91 Å². The van der Waals surface area contributed by atoms with Crippen molar-refractivity contribution in [2.24, 2.45) is 0 Å². The number of carbonyl (C=O) groups is 2. The summed E-state index contributed by atoms with van der Waals surface area (Å²) in [5, 5.41) is 4.14. The fourth-order valence-electron chi connectivity index (χ4n) is 2.10. The molecule has 0 saturated carbocycles. The molecular formula is C14H15ClN2O3. The lowest BCUT2D eigenvalue weighted by Crippen LogP contribution is -2.25. The van der Waals surface area contributed by atoms with E-state index in [9.17, 15) is 9.59 Å². The average Bonchev–Trinajstić information content (AvgIpc) is 2.77. The minimum atomic E-state index is -0.474. The van der Waals surface area contributed by atoms with Crippen molar-refractivity contribution in [1.82, 2.24) is 9.88 Å². The molecule has 106 valence electrons. The van der Waals surface area contributed by atoms with Crippen LogP contribution in [0.4, 0.5) is 4.79 Å². The first-order chi connectivity index (χ1) is 9.52. The number of alkyl carbamates (subject to hydrolysis) is 1. The summed E-state index contributed by atoms with van der Waals surface area (Å²) < 4.78 is 6.09. The van der Waals surface area contributed by atoms with Crippen LogP contribution < -0.4 is 5.32 Å². The predicted octanol–water partition coefficient (Wildman–Crippen LogP) is 2.85. The summed E-state index contributed by atoms with van der Waals surface area (Å²) >= 11 is 6.00. The monoisotopic (exact) mass is 294 g/mol. The summed E-state index contributed by atoms with van der Waals surface area (Å²) in [7, 11) is 1.32. The van der Waals surface area contributed by atoms with Gasteiger partial charge in [0.1, 0.15) is 0 Å². The van der Waals surface area contributed by atoms with Crippen LogP contribution in [0.15, 0.2) is 24.4 Å². The topological polar surface area (TPSA) is 60.3 Å². The van der Waals surface area contributed by atoms with Crippen LogP contribution in [0.3, 0.4) is 0 Å². The number of benzene rings is 1. The maximum absolute atomic E-state index is 11.6. The van der Waals surface area contributed by atoms with Crippen molar-refractivity contribution in [2.45, 2.75) is 13.3 Å². The molecular weight excluding hydrogens is 280 g/mol. The Balaban J connectivity index is 2.30. The van der Waals surface area contributed by atoms with Crippen molar-refractivity contribution in [3.8, 4) is 0 Å². The fourth-order valence-corrected chi connectivity index (χ4v) is 2.27. The van der Waals surface area contributed by atoms with Crippen molar-refractivity contribution in [3.05, 3.63) is 35.0 Å². The number of methoxy groups -OCH3 is 1. The van der Waals surface area contributed by atoms with Crippen LogP contribution in [0.1, 0.15) is 17.3 Å². The molecule has 1 amide bonds. The molecule has 0 unspecified atom stereocenters. The number of fused-ring (bicyclic) bond motifs is 1. The van der Waals surface area contributed by atoms with Gasteiger partial charge in [-0.3, -0.25) is 9.36 Å². The molecule has 5 nitrogen and oxygen atoms in total. The summed E-state index contributed by atoms with van der Waals surface area (Å²) in [4.78, 5) is 22.6. The number of amides is 1. The zero-order chi connectivity index (χ0) is 14.7. The molecule has 1 aromatic heterocycles. The number of aromatic nitrogens is 1. The second-order valence-corrected chi connectivity index (χ2v) is 4.81. The highest BCUT2D eigenvalue weighted by molar-refractivity contribution is 6.31. The Morgan fingerprint density at radius 2 is 2.15 bits per heavy atom. The number of nitrogens with one attached hydrogen (secondary N) is 1. The number of nitrogens with zero attached hydrogens (tertiary/aromatic N) is 1. The third kappa shape index (κ3) is 2.93. The minimum Gasteiger partial charge on any atom is -0.453 e. The van der Waals surface area contributed by atoms with Gasteiger partial charge in [0, 0.05) is 30.1 Å². The van der Waals surface area contributed by atoms with E-state index < -0.39 is 6.09 Å². The Labute approximate surface area is 121 Å². The van der Waals surface area contributed by atoms with Crippen molar-refractivity contribution < 1.29 is 14.3 Å². The van der Waals surface area contributed by atoms with Crippen LogP contribution in [0, 0.1) is 0 Å². The second kappa shape index (κ2) is 5.96. The molecule has 2 rings (SSSR count). The summed E-state index contributed by atoms with van der Waals surface area (Å²) in [6.45, 7) is 1.93.